The van der Waals surface area contributed by atoms with Gasteiger partial charge in [0, 0.05) is 13.0 Å². The zero-order valence-corrected chi connectivity index (χ0v) is 14.8. The summed E-state index contributed by atoms with van der Waals surface area (Å²) in [4.78, 5) is 37.8. The smallest absolute Gasteiger partial charge is 0.325 e. The molecule has 1 saturated heterocycles. The van der Waals surface area contributed by atoms with Crippen molar-refractivity contribution in [3.63, 3.8) is 0 Å². The summed E-state index contributed by atoms with van der Waals surface area (Å²) in [5.74, 6) is -0.574. The van der Waals surface area contributed by atoms with Crippen LogP contribution in [0, 0.1) is 0 Å². The number of ether oxygens (including phenoxy) is 1. The van der Waals surface area contributed by atoms with Gasteiger partial charge in [0.25, 0.3) is 5.91 Å². The molecule has 1 aliphatic carbocycles. The molecule has 0 spiro atoms. The Balaban J connectivity index is 1.70. The van der Waals surface area contributed by atoms with E-state index in [0.29, 0.717) is 13.0 Å². The first-order valence-electron chi connectivity index (χ1n) is 8.87. The zero-order chi connectivity index (χ0) is 18.0. The van der Waals surface area contributed by atoms with Crippen molar-refractivity contribution in [3.05, 3.63) is 34.9 Å². The molecule has 25 heavy (non-hydrogen) atoms. The predicted molar refractivity (Wildman–Crippen MR) is 91.9 cm³/mol. The number of carbonyl (C=O) groups excluding carboxylic acids is 3. The van der Waals surface area contributed by atoms with Crippen LogP contribution in [0.1, 0.15) is 49.8 Å². The second-order valence-electron chi connectivity index (χ2n) is 6.76. The molecule has 3 rings (SSSR count). The highest BCUT2D eigenvalue weighted by Gasteiger charge is 2.48. The van der Waals surface area contributed by atoms with E-state index in [-0.39, 0.29) is 24.8 Å². The summed E-state index contributed by atoms with van der Waals surface area (Å²) in [5, 5.41) is 2.82. The monoisotopic (exact) mass is 344 g/mol. The number of nitrogens with zero attached hydrogens (tertiary/aromatic N) is 1. The van der Waals surface area contributed by atoms with E-state index in [1.165, 1.54) is 16.0 Å². The third-order valence-corrected chi connectivity index (χ3v) is 5.02. The van der Waals surface area contributed by atoms with E-state index in [2.05, 4.69) is 11.4 Å². The van der Waals surface area contributed by atoms with Gasteiger partial charge in [-0.05, 0) is 56.2 Å². The second-order valence-corrected chi connectivity index (χ2v) is 6.76. The van der Waals surface area contributed by atoms with Gasteiger partial charge in [-0.25, -0.2) is 4.79 Å². The number of esters is 1. The fourth-order valence-corrected chi connectivity index (χ4v) is 3.59. The van der Waals surface area contributed by atoms with Gasteiger partial charge in [0.1, 0.15) is 5.54 Å². The Morgan fingerprint density at radius 3 is 2.80 bits per heavy atom. The highest BCUT2D eigenvalue weighted by atomic mass is 16.5. The first-order chi connectivity index (χ1) is 12.0. The van der Waals surface area contributed by atoms with E-state index in [4.69, 9.17) is 4.74 Å². The molecule has 1 aromatic carbocycles. The van der Waals surface area contributed by atoms with Crippen LogP contribution >= 0.6 is 0 Å². The average molecular weight is 344 g/mol. The van der Waals surface area contributed by atoms with Crippen LogP contribution in [0.15, 0.2) is 18.2 Å². The van der Waals surface area contributed by atoms with Crippen molar-refractivity contribution >= 4 is 17.9 Å². The van der Waals surface area contributed by atoms with Gasteiger partial charge in [0.05, 0.1) is 6.61 Å². The molecule has 1 unspecified atom stereocenters. The van der Waals surface area contributed by atoms with Crippen molar-refractivity contribution < 1.29 is 19.1 Å². The van der Waals surface area contributed by atoms with Gasteiger partial charge in [0.15, 0.2) is 0 Å². The number of benzene rings is 1. The lowest BCUT2D eigenvalue weighted by Crippen LogP contribution is -2.41. The molecule has 6 nitrogen and oxygen atoms in total. The van der Waals surface area contributed by atoms with Crippen molar-refractivity contribution in [1.29, 1.82) is 0 Å². The Labute approximate surface area is 147 Å². The molecule has 0 bridgehead atoms. The third-order valence-electron chi connectivity index (χ3n) is 5.02. The normalized spacial score (nSPS) is 22.1. The van der Waals surface area contributed by atoms with Crippen LogP contribution in [-0.2, 0) is 32.7 Å². The maximum atomic E-state index is 12.9. The van der Waals surface area contributed by atoms with Crippen LogP contribution in [-0.4, -0.2) is 36.0 Å². The topological polar surface area (TPSA) is 75.7 Å². The molecule has 1 aromatic rings. The Morgan fingerprint density at radius 2 is 2.04 bits per heavy atom. The highest BCUT2D eigenvalue weighted by Crippen LogP contribution is 2.32. The van der Waals surface area contributed by atoms with E-state index in [1.54, 1.807) is 13.8 Å². The first-order valence-corrected chi connectivity index (χ1v) is 8.87. The zero-order valence-electron chi connectivity index (χ0n) is 14.8. The lowest BCUT2D eigenvalue weighted by Gasteiger charge is -2.23. The van der Waals surface area contributed by atoms with Crippen molar-refractivity contribution in [1.82, 2.24) is 10.2 Å². The summed E-state index contributed by atoms with van der Waals surface area (Å²) in [7, 11) is 0. The van der Waals surface area contributed by atoms with Crippen LogP contribution in [0.25, 0.3) is 0 Å². The molecular weight excluding hydrogens is 320 g/mol. The largest absolute Gasteiger partial charge is 0.466 e. The summed E-state index contributed by atoms with van der Waals surface area (Å²) < 4.78 is 4.87. The molecule has 0 radical (unpaired) electrons. The van der Waals surface area contributed by atoms with Crippen molar-refractivity contribution in [2.24, 2.45) is 0 Å². The summed E-state index contributed by atoms with van der Waals surface area (Å²) in [6, 6.07) is 5.63. The number of fused-ring (bicyclic) bond motifs is 1. The molecule has 1 aliphatic heterocycles. The third kappa shape index (κ3) is 3.25. The lowest BCUT2D eigenvalue weighted by molar-refractivity contribution is -0.143. The fourth-order valence-electron chi connectivity index (χ4n) is 3.59. The van der Waals surface area contributed by atoms with Crippen molar-refractivity contribution in [2.75, 3.05) is 13.2 Å². The summed E-state index contributed by atoms with van der Waals surface area (Å²) in [6.07, 6.45) is 3.83. The minimum absolute atomic E-state index is 0.195. The summed E-state index contributed by atoms with van der Waals surface area (Å²) >= 11 is 0. The molecule has 2 aliphatic rings. The molecule has 1 heterocycles. The number of imide groups is 1. The Bertz CT molecular complexity index is 715. The number of nitrogens with one attached hydrogen (secondary N) is 1. The minimum Gasteiger partial charge on any atom is -0.466 e. The number of hydrogen-bond donors (Lipinski definition) is 1. The molecule has 1 fully saturated rings. The van der Waals surface area contributed by atoms with Crippen molar-refractivity contribution in [3.8, 4) is 0 Å². The molecule has 1 atom stereocenters. The van der Waals surface area contributed by atoms with E-state index in [9.17, 15) is 14.4 Å². The molecule has 0 aromatic heterocycles. The predicted octanol–water partition coefficient (Wildman–Crippen LogP) is 2.29. The molecule has 3 amide bonds. The first kappa shape index (κ1) is 17.5. The average Bonchev–Trinajstić information content (AvgIpc) is 3.13. The maximum Gasteiger partial charge on any atom is 0.325 e. The van der Waals surface area contributed by atoms with E-state index in [1.807, 2.05) is 12.1 Å². The van der Waals surface area contributed by atoms with Gasteiger partial charge in [-0.1, -0.05) is 18.2 Å². The van der Waals surface area contributed by atoms with Gasteiger partial charge in [0.2, 0.25) is 0 Å². The van der Waals surface area contributed by atoms with E-state index >= 15 is 0 Å². The Hall–Kier alpha value is -2.37. The van der Waals surface area contributed by atoms with Gasteiger partial charge >= 0.3 is 12.0 Å². The number of amides is 3. The summed E-state index contributed by atoms with van der Waals surface area (Å²) in [5.41, 5.74) is 2.37. The van der Waals surface area contributed by atoms with Gasteiger partial charge in [-0.15, -0.1) is 0 Å². The molecule has 6 heteroatoms. The van der Waals surface area contributed by atoms with Crippen LogP contribution in [0.3, 0.4) is 0 Å². The van der Waals surface area contributed by atoms with Gasteiger partial charge in [-0.2, -0.15) is 0 Å². The van der Waals surface area contributed by atoms with Crippen LogP contribution in [0.5, 0.6) is 0 Å². The fraction of sp³-hybridized carbons (Fsp3) is 0.526. The van der Waals surface area contributed by atoms with Crippen LogP contribution in [0.4, 0.5) is 4.79 Å². The lowest BCUT2D eigenvalue weighted by atomic mass is 9.89. The van der Waals surface area contributed by atoms with Gasteiger partial charge < -0.3 is 10.1 Å². The summed E-state index contributed by atoms with van der Waals surface area (Å²) in [6.45, 7) is 4.04. The van der Waals surface area contributed by atoms with Crippen LogP contribution in [0.2, 0.25) is 0 Å². The molecule has 0 saturated carbocycles. The number of aryl methyl sites for hydroxylation is 2. The highest BCUT2D eigenvalue weighted by molar-refractivity contribution is 6.07. The van der Waals surface area contributed by atoms with Gasteiger partial charge in [-0.3, -0.25) is 14.5 Å². The number of rotatable bonds is 6. The standard InChI is InChI=1S/C19H24N2O4/c1-3-25-16(22)8-5-11-21-17(23)19(2,20-18(21)24)15-10-9-13-6-4-7-14(13)12-15/h9-10,12H,3-8,11H2,1-2H3,(H,20,24). The maximum absolute atomic E-state index is 12.9. The van der Waals surface area contributed by atoms with Crippen molar-refractivity contribution in [2.45, 2.75) is 51.5 Å². The number of carbonyl (C=O) groups is 3. The SMILES string of the molecule is CCOC(=O)CCCN1C(=O)NC(C)(c2ccc3c(c2)CCC3)C1=O. The van der Waals surface area contributed by atoms with Crippen LogP contribution < -0.4 is 5.32 Å². The minimum atomic E-state index is -1.04. The van der Waals surface area contributed by atoms with E-state index < -0.39 is 11.6 Å². The molecular formula is C19H24N2O4. The quantitative estimate of drug-likeness (QED) is 0.634. The number of hydrogen-bond acceptors (Lipinski definition) is 4. The second kappa shape index (κ2) is 6.86. The Kier molecular flexibility index (Phi) is 4.79. The van der Waals surface area contributed by atoms with E-state index in [0.717, 1.165) is 24.8 Å². The number of urea groups is 1. The Morgan fingerprint density at radius 1 is 1.28 bits per heavy atom. The molecule has 134 valence electrons. The molecule has 1 N–H and O–H groups in total.